The first-order valence-electron chi connectivity index (χ1n) is 6.79. The molecule has 0 spiro atoms. The largest absolute Gasteiger partial charge is 0.331 e. The van der Waals surface area contributed by atoms with Gasteiger partial charge >= 0.3 is 0 Å². The van der Waals surface area contributed by atoms with Gasteiger partial charge in [-0.3, -0.25) is 0 Å². The monoisotopic (exact) mass is 327 g/mol. The maximum absolute atomic E-state index is 4.60. The van der Waals surface area contributed by atoms with Gasteiger partial charge < -0.3 is 4.57 Å². The van der Waals surface area contributed by atoms with Crippen molar-refractivity contribution in [3.63, 3.8) is 0 Å². The second-order valence-electron chi connectivity index (χ2n) is 4.94. The van der Waals surface area contributed by atoms with Crippen LogP contribution in [-0.4, -0.2) is 13.9 Å². The Morgan fingerprint density at radius 1 is 1.00 bits per heavy atom. The summed E-state index contributed by atoms with van der Waals surface area (Å²) >= 11 is 1.56. The second-order valence-corrected chi connectivity index (χ2v) is 5.75. The van der Waals surface area contributed by atoms with Crippen LogP contribution in [0.15, 0.2) is 67.3 Å². The minimum absolute atomic E-state index is 0. The van der Waals surface area contributed by atoms with E-state index in [1.165, 1.54) is 21.2 Å². The first-order chi connectivity index (χ1) is 10.4. The van der Waals surface area contributed by atoms with Crippen LogP contribution in [0.4, 0.5) is 0 Å². The number of hydrogen-bond acceptors (Lipinski definition) is 3. The maximum Gasteiger partial charge on any atom is 0.0949 e. The van der Waals surface area contributed by atoms with E-state index in [-0.39, 0.29) is 12.4 Å². The number of halogens is 1. The molecule has 5 heteroatoms. The van der Waals surface area contributed by atoms with Crippen LogP contribution < -0.4 is 0 Å². The molecular formula is C17H14ClN3S. The van der Waals surface area contributed by atoms with Crippen molar-refractivity contribution in [1.29, 1.82) is 0 Å². The van der Waals surface area contributed by atoms with Gasteiger partial charge in [-0.05, 0) is 34.8 Å². The number of nitrogens with zero attached hydrogens (tertiary/aromatic N) is 3. The van der Waals surface area contributed by atoms with Gasteiger partial charge in [0.15, 0.2) is 0 Å². The first kappa shape index (κ1) is 14.8. The predicted molar refractivity (Wildman–Crippen MR) is 93.6 cm³/mol. The Hall–Kier alpha value is -2.17. The fourth-order valence-corrected chi connectivity index (χ4v) is 3.23. The van der Waals surface area contributed by atoms with Gasteiger partial charge in [-0.15, -0.1) is 12.4 Å². The van der Waals surface area contributed by atoms with Crippen molar-refractivity contribution in [2.24, 2.45) is 0 Å². The Morgan fingerprint density at radius 2 is 1.86 bits per heavy atom. The van der Waals surface area contributed by atoms with Crippen LogP contribution in [0, 0.1) is 0 Å². The van der Waals surface area contributed by atoms with Crippen molar-refractivity contribution in [3.8, 4) is 11.1 Å². The standard InChI is InChI=1S/C17H13N3S.ClH/c1-2-4-13(5-3-1)14-6-7-17-15(10-14)16(19-21-17)11-20-9-8-18-12-20;/h1-10,12H,11H2;1H. The van der Waals surface area contributed by atoms with Gasteiger partial charge in [0.05, 0.1) is 23.3 Å². The van der Waals surface area contributed by atoms with Gasteiger partial charge in [-0.25, -0.2) is 4.98 Å². The normalized spacial score (nSPS) is 10.5. The summed E-state index contributed by atoms with van der Waals surface area (Å²) in [7, 11) is 0. The van der Waals surface area contributed by atoms with E-state index in [0.29, 0.717) is 0 Å². The van der Waals surface area contributed by atoms with Gasteiger partial charge in [0.25, 0.3) is 0 Å². The Balaban J connectivity index is 0.00000144. The third-order valence-electron chi connectivity index (χ3n) is 3.54. The molecule has 0 bridgehead atoms. The zero-order valence-electron chi connectivity index (χ0n) is 11.7. The molecule has 0 saturated heterocycles. The van der Waals surface area contributed by atoms with Crippen molar-refractivity contribution < 1.29 is 0 Å². The van der Waals surface area contributed by atoms with Crippen molar-refractivity contribution in [2.75, 3.05) is 0 Å². The zero-order valence-corrected chi connectivity index (χ0v) is 13.3. The van der Waals surface area contributed by atoms with E-state index in [1.54, 1.807) is 17.7 Å². The fraction of sp³-hybridized carbons (Fsp3) is 0.0588. The van der Waals surface area contributed by atoms with E-state index in [1.807, 2.05) is 23.2 Å². The molecule has 0 aliphatic carbocycles. The molecule has 0 radical (unpaired) electrons. The summed E-state index contributed by atoms with van der Waals surface area (Å²) in [4.78, 5) is 4.09. The van der Waals surface area contributed by atoms with E-state index in [9.17, 15) is 0 Å². The highest BCUT2D eigenvalue weighted by molar-refractivity contribution is 7.13. The summed E-state index contributed by atoms with van der Waals surface area (Å²) in [5.41, 5.74) is 3.57. The molecule has 4 rings (SSSR count). The van der Waals surface area contributed by atoms with Crippen molar-refractivity contribution in [3.05, 3.63) is 72.9 Å². The number of aromatic nitrogens is 3. The summed E-state index contributed by atoms with van der Waals surface area (Å²) in [5, 5.41) is 1.23. The molecule has 0 saturated carbocycles. The smallest absolute Gasteiger partial charge is 0.0949 e. The lowest BCUT2D eigenvalue weighted by Gasteiger charge is -2.03. The molecule has 0 N–H and O–H groups in total. The highest BCUT2D eigenvalue weighted by Crippen LogP contribution is 2.29. The lowest BCUT2D eigenvalue weighted by Crippen LogP contribution is -1.96. The molecule has 0 aliphatic rings. The number of rotatable bonds is 3. The van der Waals surface area contributed by atoms with Crippen LogP contribution >= 0.6 is 23.9 Å². The highest BCUT2D eigenvalue weighted by atomic mass is 35.5. The minimum Gasteiger partial charge on any atom is -0.331 e. The molecule has 3 nitrogen and oxygen atoms in total. The van der Waals surface area contributed by atoms with Crippen LogP contribution in [0.25, 0.3) is 21.2 Å². The summed E-state index contributed by atoms with van der Waals surface area (Å²) in [6.45, 7) is 0.762. The first-order valence-corrected chi connectivity index (χ1v) is 7.57. The van der Waals surface area contributed by atoms with E-state index >= 15 is 0 Å². The molecule has 0 aliphatic heterocycles. The van der Waals surface area contributed by atoms with Gasteiger partial charge in [0.2, 0.25) is 0 Å². The number of benzene rings is 2. The van der Waals surface area contributed by atoms with E-state index in [2.05, 4.69) is 51.8 Å². The summed E-state index contributed by atoms with van der Waals surface area (Å²) < 4.78 is 7.87. The number of hydrogen-bond donors (Lipinski definition) is 0. The zero-order chi connectivity index (χ0) is 14.1. The van der Waals surface area contributed by atoms with Gasteiger partial charge in [-0.2, -0.15) is 4.37 Å². The Labute approximate surface area is 138 Å². The van der Waals surface area contributed by atoms with E-state index < -0.39 is 0 Å². The molecule has 4 aromatic rings. The van der Waals surface area contributed by atoms with Crippen LogP contribution in [0.5, 0.6) is 0 Å². The van der Waals surface area contributed by atoms with E-state index in [0.717, 1.165) is 12.2 Å². The van der Waals surface area contributed by atoms with Crippen LogP contribution in [0.2, 0.25) is 0 Å². The molecule has 0 fully saturated rings. The van der Waals surface area contributed by atoms with Crippen molar-refractivity contribution in [1.82, 2.24) is 13.9 Å². The van der Waals surface area contributed by atoms with Crippen LogP contribution in [0.3, 0.4) is 0 Å². The fourth-order valence-electron chi connectivity index (χ4n) is 2.47. The SMILES string of the molecule is Cl.c1ccc(-c2ccc3snc(Cn4ccnc4)c3c2)cc1. The van der Waals surface area contributed by atoms with Crippen molar-refractivity contribution >= 4 is 34.0 Å². The Bertz CT molecular complexity index is 869. The van der Waals surface area contributed by atoms with Gasteiger partial charge in [0.1, 0.15) is 0 Å². The molecule has 2 aromatic heterocycles. The third kappa shape index (κ3) is 2.75. The molecule has 0 unspecified atom stereocenters. The lowest BCUT2D eigenvalue weighted by atomic mass is 10.0. The second kappa shape index (κ2) is 6.30. The Morgan fingerprint density at radius 3 is 2.64 bits per heavy atom. The molecule has 2 heterocycles. The maximum atomic E-state index is 4.60. The summed E-state index contributed by atoms with van der Waals surface area (Å²) in [6, 6.07) is 17.0. The van der Waals surface area contributed by atoms with Crippen LogP contribution in [0.1, 0.15) is 5.69 Å². The molecule has 0 atom stereocenters. The van der Waals surface area contributed by atoms with Crippen molar-refractivity contribution in [2.45, 2.75) is 6.54 Å². The average Bonchev–Trinajstić information content (AvgIpc) is 3.19. The average molecular weight is 328 g/mol. The van der Waals surface area contributed by atoms with Gasteiger partial charge in [-0.1, -0.05) is 36.4 Å². The minimum atomic E-state index is 0. The van der Waals surface area contributed by atoms with E-state index in [4.69, 9.17) is 0 Å². The third-order valence-corrected chi connectivity index (χ3v) is 4.41. The topological polar surface area (TPSA) is 30.7 Å². The quantitative estimate of drug-likeness (QED) is 0.549. The van der Waals surface area contributed by atoms with Gasteiger partial charge in [0, 0.05) is 17.8 Å². The predicted octanol–water partition coefficient (Wildman–Crippen LogP) is 4.63. The van der Waals surface area contributed by atoms with Crippen LogP contribution in [-0.2, 0) is 6.54 Å². The molecule has 110 valence electrons. The number of imidazole rings is 1. The molecular weight excluding hydrogens is 314 g/mol. The molecule has 22 heavy (non-hydrogen) atoms. The highest BCUT2D eigenvalue weighted by Gasteiger charge is 2.08. The summed E-state index contributed by atoms with van der Waals surface area (Å²) in [5.74, 6) is 0. The number of fused-ring (bicyclic) bond motifs is 1. The molecule has 0 amide bonds. The molecule has 2 aromatic carbocycles. The summed E-state index contributed by atoms with van der Waals surface area (Å²) in [6.07, 6.45) is 5.59. The lowest BCUT2D eigenvalue weighted by molar-refractivity contribution is 0.788. The Kier molecular flexibility index (Phi) is 4.22.